The van der Waals surface area contributed by atoms with E-state index in [2.05, 4.69) is 17.0 Å². The minimum absolute atomic E-state index is 0.137. The lowest BCUT2D eigenvalue weighted by Crippen LogP contribution is -2.40. The highest BCUT2D eigenvalue weighted by molar-refractivity contribution is 7.89. The standard InChI is InChI=1S/C16H26N2O2S/c1-13(2)17-11-14-7-4-5-8-15(14)21(19,20)18-12-16(3)9-6-10-16/h4-5,7-8,13,17-18H,6,9-12H2,1-3H3. The molecule has 0 heterocycles. The van der Waals surface area contributed by atoms with Crippen molar-refractivity contribution in [2.24, 2.45) is 5.41 Å². The third kappa shape index (κ3) is 4.28. The zero-order valence-corrected chi connectivity index (χ0v) is 14.0. The Morgan fingerprint density at radius 1 is 1.24 bits per heavy atom. The Morgan fingerprint density at radius 2 is 1.90 bits per heavy atom. The van der Waals surface area contributed by atoms with E-state index in [4.69, 9.17) is 0 Å². The molecule has 0 aliphatic heterocycles. The summed E-state index contributed by atoms with van der Waals surface area (Å²) < 4.78 is 27.9. The summed E-state index contributed by atoms with van der Waals surface area (Å²) in [6.45, 7) is 7.33. The maximum absolute atomic E-state index is 12.5. The van der Waals surface area contributed by atoms with Crippen LogP contribution in [0, 0.1) is 5.41 Å². The number of rotatable bonds is 7. The minimum Gasteiger partial charge on any atom is -0.310 e. The first kappa shape index (κ1) is 16.5. The molecule has 5 heteroatoms. The molecule has 0 aromatic heterocycles. The Labute approximate surface area is 128 Å². The summed E-state index contributed by atoms with van der Waals surface area (Å²) in [5, 5.41) is 3.28. The Kier molecular flexibility index (Phi) is 5.07. The van der Waals surface area contributed by atoms with E-state index in [1.54, 1.807) is 12.1 Å². The summed E-state index contributed by atoms with van der Waals surface area (Å²) >= 11 is 0. The van der Waals surface area contributed by atoms with Crippen LogP contribution in [-0.2, 0) is 16.6 Å². The van der Waals surface area contributed by atoms with Gasteiger partial charge in [0.05, 0.1) is 4.90 Å². The summed E-state index contributed by atoms with van der Waals surface area (Å²) in [5.74, 6) is 0. The van der Waals surface area contributed by atoms with E-state index >= 15 is 0 Å². The largest absolute Gasteiger partial charge is 0.310 e. The molecule has 1 saturated carbocycles. The normalized spacial score (nSPS) is 17.7. The monoisotopic (exact) mass is 310 g/mol. The van der Waals surface area contributed by atoms with Gasteiger partial charge in [0.2, 0.25) is 10.0 Å². The molecule has 1 aliphatic rings. The molecule has 0 radical (unpaired) electrons. The van der Waals surface area contributed by atoms with Crippen LogP contribution in [0.5, 0.6) is 0 Å². The van der Waals surface area contributed by atoms with Gasteiger partial charge in [-0.2, -0.15) is 0 Å². The number of nitrogens with one attached hydrogen (secondary N) is 2. The third-order valence-electron chi connectivity index (χ3n) is 4.21. The fraction of sp³-hybridized carbons (Fsp3) is 0.625. The Hall–Kier alpha value is -0.910. The lowest BCUT2D eigenvalue weighted by Gasteiger charge is -2.38. The van der Waals surface area contributed by atoms with Gasteiger partial charge < -0.3 is 5.32 Å². The van der Waals surface area contributed by atoms with Crippen molar-refractivity contribution in [1.29, 1.82) is 0 Å². The molecule has 21 heavy (non-hydrogen) atoms. The molecule has 118 valence electrons. The highest BCUT2D eigenvalue weighted by atomic mass is 32.2. The minimum atomic E-state index is -3.44. The van der Waals surface area contributed by atoms with Crippen LogP contribution in [0.3, 0.4) is 0 Å². The molecule has 1 fully saturated rings. The second-order valence-corrected chi connectivity index (χ2v) is 8.37. The molecule has 0 bridgehead atoms. The highest BCUT2D eigenvalue weighted by Crippen LogP contribution is 2.39. The van der Waals surface area contributed by atoms with Crippen LogP contribution in [0.1, 0.15) is 45.6 Å². The Balaban J connectivity index is 2.11. The van der Waals surface area contributed by atoms with Gasteiger partial charge in [0.1, 0.15) is 0 Å². The van der Waals surface area contributed by atoms with Crippen molar-refractivity contribution in [1.82, 2.24) is 10.0 Å². The molecule has 0 atom stereocenters. The molecule has 1 aromatic carbocycles. The van der Waals surface area contributed by atoms with E-state index in [-0.39, 0.29) is 5.41 Å². The predicted molar refractivity (Wildman–Crippen MR) is 85.6 cm³/mol. The zero-order valence-electron chi connectivity index (χ0n) is 13.1. The molecule has 1 aromatic rings. The molecule has 0 spiro atoms. The van der Waals surface area contributed by atoms with Crippen LogP contribution in [0.4, 0.5) is 0 Å². The van der Waals surface area contributed by atoms with Gasteiger partial charge >= 0.3 is 0 Å². The predicted octanol–water partition coefficient (Wildman–Crippen LogP) is 2.65. The van der Waals surface area contributed by atoms with Gasteiger partial charge in [-0.3, -0.25) is 0 Å². The fourth-order valence-electron chi connectivity index (χ4n) is 2.53. The Bertz CT molecular complexity index is 578. The second-order valence-electron chi connectivity index (χ2n) is 6.63. The van der Waals surface area contributed by atoms with Crippen LogP contribution in [0.15, 0.2) is 29.2 Å². The Morgan fingerprint density at radius 3 is 2.48 bits per heavy atom. The van der Waals surface area contributed by atoms with Gasteiger partial charge in [-0.25, -0.2) is 13.1 Å². The molecular weight excluding hydrogens is 284 g/mol. The maximum atomic E-state index is 12.5. The second kappa shape index (κ2) is 6.46. The summed E-state index contributed by atoms with van der Waals surface area (Å²) in [5.41, 5.74) is 0.954. The SMILES string of the molecule is CC(C)NCc1ccccc1S(=O)(=O)NCC1(C)CCC1. The van der Waals surface area contributed by atoms with E-state index in [0.29, 0.717) is 24.0 Å². The third-order valence-corrected chi connectivity index (χ3v) is 5.71. The summed E-state index contributed by atoms with van der Waals surface area (Å²) in [6, 6.07) is 7.53. The van der Waals surface area contributed by atoms with E-state index in [1.165, 1.54) is 6.42 Å². The topological polar surface area (TPSA) is 58.2 Å². The van der Waals surface area contributed by atoms with Gasteiger partial charge in [0, 0.05) is 19.1 Å². The smallest absolute Gasteiger partial charge is 0.240 e. The van der Waals surface area contributed by atoms with E-state index < -0.39 is 10.0 Å². The zero-order chi connectivity index (χ0) is 15.5. The molecular formula is C16H26N2O2S. The van der Waals surface area contributed by atoms with E-state index in [0.717, 1.165) is 18.4 Å². The molecule has 1 aliphatic carbocycles. The van der Waals surface area contributed by atoms with E-state index in [9.17, 15) is 8.42 Å². The van der Waals surface area contributed by atoms with Gasteiger partial charge in [-0.1, -0.05) is 45.4 Å². The first-order valence-corrected chi connectivity index (χ1v) is 9.12. The average molecular weight is 310 g/mol. The van der Waals surface area contributed by atoms with Crippen molar-refractivity contribution in [2.45, 2.75) is 57.5 Å². The quantitative estimate of drug-likeness (QED) is 0.814. The van der Waals surface area contributed by atoms with Crippen molar-refractivity contribution >= 4 is 10.0 Å². The summed E-state index contributed by atoms with van der Waals surface area (Å²) in [7, 11) is -3.44. The number of hydrogen-bond acceptors (Lipinski definition) is 3. The van der Waals surface area contributed by atoms with Crippen LogP contribution in [0.2, 0.25) is 0 Å². The first-order valence-electron chi connectivity index (χ1n) is 7.63. The molecule has 2 rings (SSSR count). The number of benzene rings is 1. The van der Waals surface area contributed by atoms with Gasteiger partial charge in [-0.05, 0) is 29.9 Å². The van der Waals surface area contributed by atoms with E-state index in [1.807, 2.05) is 26.0 Å². The highest BCUT2D eigenvalue weighted by Gasteiger charge is 2.33. The van der Waals surface area contributed by atoms with Crippen molar-refractivity contribution in [3.8, 4) is 0 Å². The summed E-state index contributed by atoms with van der Waals surface area (Å²) in [6.07, 6.45) is 3.41. The fourth-order valence-corrected chi connectivity index (χ4v) is 3.97. The number of hydrogen-bond donors (Lipinski definition) is 2. The molecule has 0 saturated heterocycles. The van der Waals surface area contributed by atoms with Gasteiger partial charge in [0.25, 0.3) is 0 Å². The first-order chi connectivity index (χ1) is 9.82. The van der Waals surface area contributed by atoms with Crippen LogP contribution in [-0.4, -0.2) is 21.0 Å². The van der Waals surface area contributed by atoms with Crippen molar-refractivity contribution in [3.05, 3.63) is 29.8 Å². The van der Waals surface area contributed by atoms with Crippen molar-refractivity contribution < 1.29 is 8.42 Å². The molecule has 4 nitrogen and oxygen atoms in total. The van der Waals surface area contributed by atoms with Gasteiger partial charge in [0.15, 0.2) is 0 Å². The van der Waals surface area contributed by atoms with Crippen molar-refractivity contribution in [3.63, 3.8) is 0 Å². The maximum Gasteiger partial charge on any atom is 0.240 e. The van der Waals surface area contributed by atoms with Gasteiger partial charge in [-0.15, -0.1) is 0 Å². The van der Waals surface area contributed by atoms with Crippen molar-refractivity contribution in [2.75, 3.05) is 6.54 Å². The molecule has 0 amide bonds. The van der Waals surface area contributed by atoms with Crippen LogP contribution >= 0.6 is 0 Å². The van der Waals surface area contributed by atoms with Crippen LogP contribution < -0.4 is 10.0 Å². The van der Waals surface area contributed by atoms with Crippen LogP contribution in [0.25, 0.3) is 0 Å². The average Bonchev–Trinajstić information content (AvgIpc) is 2.41. The summed E-state index contributed by atoms with van der Waals surface area (Å²) in [4.78, 5) is 0.390. The number of sulfonamides is 1. The lowest BCUT2D eigenvalue weighted by molar-refractivity contribution is 0.166. The molecule has 0 unspecified atom stereocenters. The molecule has 2 N–H and O–H groups in total. The lowest BCUT2D eigenvalue weighted by atomic mass is 9.71.